The van der Waals surface area contributed by atoms with Crippen LogP contribution >= 0.6 is 0 Å². The Hall–Kier alpha value is -2.30. The lowest BCUT2D eigenvalue weighted by Crippen LogP contribution is -2.01. The highest BCUT2D eigenvalue weighted by Crippen LogP contribution is 2.36. The third-order valence-corrected chi connectivity index (χ3v) is 2.75. The number of aromatic nitrogens is 2. The van der Waals surface area contributed by atoms with Crippen molar-refractivity contribution in [1.82, 2.24) is 9.97 Å². The highest BCUT2D eigenvalue weighted by atomic mass is 16.5. The molecule has 5 nitrogen and oxygen atoms in total. The van der Waals surface area contributed by atoms with Crippen LogP contribution in [0.4, 0.5) is 11.8 Å². The van der Waals surface area contributed by atoms with Gasteiger partial charge in [-0.3, -0.25) is 0 Å². The van der Waals surface area contributed by atoms with Crippen LogP contribution in [0.3, 0.4) is 0 Å². The topological polar surface area (TPSA) is 87.0 Å². The second-order valence-corrected chi connectivity index (χ2v) is 3.93. The first-order chi connectivity index (χ1) is 8.24. The Balaban J connectivity index is 2.19. The first-order valence-electron chi connectivity index (χ1n) is 5.39. The fourth-order valence-electron chi connectivity index (χ4n) is 2.04. The number of benzene rings is 1. The summed E-state index contributed by atoms with van der Waals surface area (Å²) in [5.41, 5.74) is 14.1. The highest BCUT2D eigenvalue weighted by Gasteiger charge is 2.18. The van der Waals surface area contributed by atoms with E-state index in [9.17, 15) is 0 Å². The Labute approximate surface area is 98.4 Å². The number of hydrogen-bond donors (Lipinski definition) is 2. The second-order valence-electron chi connectivity index (χ2n) is 3.93. The molecule has 5 heteroatoms. The molecule has 1 aromatic carbocycles. The number of rotatable bonds is 1. The van der Waals surface area contributed by atoms with Crippen LogP contribution < -0.4 is 16.2 Å². The molecule has 0 bridgehead atoms. The van der Waals surface area contributed by atoms with E-state index in [1.807, 2.05) is 12.1 Å². The molecule has 86 valence electrons. The molecule has 1 aliphatic heterocycles. The van der Waals surface area contributed by atoms with Crippen molar-refractivity contribution in [2.75, 3.05) is 18.1 Å². The summed E-state index contributed by atoms with van der Waals surface area (Å²) < 4.78 is 5.62. The molecule has 4 N–H and O–H groups in total. The molecule has 0 fully saturated rings. The lowest BCUT2D eigenvalue weighted by molar-refractivity contribution is 0.358. The predicted molar refractivity (Wildman–Crippen MR) is 65.5 cm³/mol. The molecule has 2 aromatic rings. The van der Waals surface area contributed by atoms with E-state index in [2.05, 4.69) is 16.0 Å². The molecule has 0 aliphatic carbocycles. The number of nitrogens with two attached hydrogens (primary N) is 2. The fourth-order valence-corrected chi connectivity index (χ4v) is 2.04. The van der Waals surface area contributed by atoms with Gasteiger partial charge in [-0.25, -0.2) is 4.98 Å². The number of fused-ring (bicyclic) bond motifs is 1. The average Bonchev–Trinajstić information content (AvgIpc) is 2.75. The first kappa shape index (κ1) is 9.89. The molecule has 0 amide bonds. The Morgan fingerprint density at radius 2 is 2.06 bits per heavy atom. The number of para-hydroxylation sites is 1. The van der Waals surface area contributed by atoms with E-state index in [1.165, 1.54) is 5.56 Å². The molecular formula is C12H12N4O. The van der Waals surface area contributed by atoms with Gasteiger partial charge in [-0.1, -0.05) is 12.1 Å². The van der Waals surface area contributed by atoms with Crippen LogP contribution in [0.5, 0.6) is 5.75 Å². The van der Waals surface area contributed by atoms with Crippen molar-refractivity contribution in [2.45, 2.75) is 6.42 Å². The standard InChI is InChI=1S/C12H12N4O/c13-10-6-9(15-12(14)16-10)8-3-1-2-7-4-5-17-11(7)8/h1-3,6H,4-5H2,(H4,13,14,15,16). The molecule has 0 radical (unpaired) electrons. The maximum atomic E-state index is 5.67. The van der Waals surface area contributed by atoms with Crippen LogP contribution in [0.15, 0.2) is 24.3 Å². The summed E-state index contributed by atoms with van der Waals surface area (Å²) in [6.07, 6.45) is 0.930. The Kier molecular flexibility index (Phi) is 2.11. The maximum Gasteiger partial charge on any atom is 0.222 e. The van der Waals surface area contributed by atoms with Gasteiger partial charge in [0.05, 0.1) is 12.3 Å². The highest BCUT2D eigenvalue weighted by molar-refractivity contribution is 5.72. The van der Waals surface area contributed by atoms with Gasteiger partial charge < -0.3 is 16.2 Å². The summed E-state index contributed by atoms with van der Waals surface area (Å²) in [7, 11) is 0. The summed E-state index contributed by atoms with van der Waals surface area (Å²) >= 11 is 0. The molecule has 0 spiro atoms. The van der Waals surface area contributed by atoms with Gasteiger partial charge in [0.1, 0.15) is 11.6 Å². The summed E-state index contributed by atoms with van der Waals surface area (Å²) in [5, 5.41) is 0. The zero-order chi connectivity index (χ0) is 11.8. The lowest BCUT2D eigenvalue weighted by Gasteiger charge is -2.08. The summed E-state index contributed by atoms with van der Waals surface area (Å²) in [5.74, 6) is 1.42. The Morgan fingerprint density at radius 3 is 2.88 bits per heavy atom. The minimum atomic E-state index is 0.176. The Morgan fingerprint density at radius 1 is 1.18 bits per heavy atom. The van der Waals surface area contributed by atoms with E-state index >= 15 is 0 Å². The third kappa shape index (κ3) is 1.65. The van der Waals surface area contributed by atoms with Gasteiger partial charge in [-0.05, 0) is 11.6 Å². The van der Waals surface area contributed by atoms with Gasteiger partial charge in [-0.15, -0.1) is 0 Å². The van der Waals surface area contributed by atoms with E-state index in [0.29, 0.717) is 18.1 Å². The second kappa shape index (κ2) is 3.62. The number of nitrogen functional groups attached to an aromatic ring is 2. The van der Waals surface area contributed by atoms with Gasteiger partial charge in [-0.2, -0.15) is 4.98 Å². The fraction of sp³-hybridized carbons (Fsp3) is 0.167. The van der Waals surface area contributed by atoms with Gasteiger partial charge >= 0.3 is 0 Å². The van der Waals surface area contributed by atoms with Crippen molar-refractivity contribution in [2.24, 2.45) is 0 Å². The molecule has 1 aliphatic rings. The zero-order valence-electron chi connectivity index (χ0n) is 9.18. The lowest BCUT2D eigenvalue weighted by atomic mass is 10.1. The van der Waals surface area contributed by atoms with Crippen LogP contribution in [-0.4, -0.2) is 16.6 Å². The van der Waals surface area contributed by atoms with Crippen LogP contribution in [0, 0.1) is 0 Å². The zero-order valence-corrected chi connectivity index (χ0v) is 9.18. The average molecular weight is 228 g/mol. The number of nitrogens with zero attached hydrogens (tertiary/aromatic N) is 2. The molecular weight excluding hydrogens is 216 g/mol. The summed E-state index contributed by atoms with van der Waals surface area (Å²) in [6, 6.07) is 7.69. The van der Waals surface area contributed by atoms with Crippen molar-refractivity contribution >= 4 is 11.8 Å². The van der Waals surface area contributed by atoms with Crippen molar-refractivity contribution < 1.29 is 4.74 Å². The van der Waals surface area contributed by atoms with Crippen LogP contribution in [0.2, 0.25) is 0 Å². The van der Waals surface area contributed by atoms with E-state index in [4.69, 9.17) is 16.2 Å². The summed E-state index contributed by atoms with van der Waals surface area (Å²) in [6.45, 7) is 0.711. The molecule has 3 rings (SSSR count). The largest absolute Gasteiger partial charge is 0.492 e. The minimum Gasteiger partial charge on any atom is -0.492 e. The molecule has 1 aromatic heterocycles. The number of ether oxygens (including phenoxy) is 1. The van der Waals surface area contributed by atoms with Crippen LogP contribution in [0.25, 0.3) is 11.3 Å². The van der Waals surface area contributed by atoms with Crippen LogP contribution in [0.1, 0.15) is 5.56 Å². The molecule has 0 saturated heterocycles. The molecule has 17 heavy (non-hydrogen) atoms. The summed E-state index contributed by atoms with van der Waals surface area (Å²) in [4.78, 5) is 8.05. The third-order valence-electron chi connectivity index (χ3n) is 2.75. The predicted octanol–water partition coefficient (Wildman–Crippen LogP) is 1.24. The smallest absolute Gasteiger partial charge is 0.222 e. The van der Waals surface area contributed by atoms with Gasteiger partial charge in [0.15, 0.2) is 0 Å². The minimum absolute atomic E-state index is 0.176. The van der Waals surface area contributed by atoms with Crippen molar-refractivity contribution in [3.63, 3.8) is 0 Å². The van der Waals surface area contributed by atoms with Gasteiger partial charge in [0.2, 0.25) is 5.95 Å². The van der Waals surface area contributed by atoms with Crippen molar-refractivity contribution in [3.8, 4) is 17.0 Å². The number of hydrogen-bond acceptors (Lipinski definition) is 5. The van der Waals surface area contributed by atoms with Crippen molar-refractivity contribution in [1.29, 1.82) is 0 Å². The van der Waals surface area contributed by atoms with Crippen LogP contribution in [-0.2, 0) is 6.42 Å². The molecule has 2 heterocycles. The van der Waals surface area contributed by atoms with E-state index < -0.39 is 0 Å². The quantitative estimate of drug-likeness (QED) is 0.766. The SMILES string of the molecule is Nc1cc(-c2cccc3c2OCC3)nc(N)n1. The Bertz CT molecular complexity index is 562. The monoisotopic (exact) mass is 228 g/mol. The van der Waals surface area contributed by atoms with Crippen molar-refractivity contribution in [3.05, 3.63) is 29.8 Å². The molecule has 0 saturated carbocycles. The van der Waals surface area contributed by atoms with E-state index in [0.717, 1.165) is 17.7 Å². The molecule has 0 atom stereocenters. The van der Waals surface area contributed by atoms with E-state index in [-0.39, 0.29) is 5.95 Å². The van der Waals surface area contributed by atoms with Gasteiger partial charge in [0.25, 0.3) is 0 Å². The first-order valence-corrected chi connectivity index (χ1v) is 5.39. The normalized spacial score (nSPS) is 13.2. The van der Waals surface area contributed by atoms with Gasteiger partial charge in [0, 0.05) is 18.1 Å². The number of anilines is 2. The molecule has 0 unspecified atom stereocenters. The van der Waals surface area contributed by atoms with E-state index in [1.54, 1.807) is 6.07 Å². The maximum absolute atomic E-state index is 5.67.